The first-order chi connectivity index (χ1) is 8.01. The van der Waals surface area contributed by atoms with Gasteiger partial charge in [-0.2, -0.15) is 0 Å². The van der Waals surface area contributed by atoms with Gasteiger partial charge in [-0.05, 0) is 26.7 Å². The fraction of sp³-hybridized carbons (Fsp3) is 0.667. The zero-order valence-corrected chi connectivity index (χ0v) is 10.1. The standard InChI is InChI=1S/C12H17NO4/c1-12(2,11(14)15)9-7-13-10(17-9)8-3-5-16-6-4-8/h7-8H,3-6H2,1-2H3,(H,14,15). The van der Waals surface area contributed by atoms with Crippen molar-refractivity contribution in [2.24, 2.45) is 0 Å². The highest BCUT2D eigenvalue weighted by atomic mass is 16.5. The number of nitrogens with zero attached hydrogens (tertiary/aromatic N) is 1. The van der Waals surface area contributed by atoms with Crippen LogP contribution in [-0.4, -0.2) is 29.3 Å². The van der Waals surface area contributed by atoms with Gasteiger partial charge < -0.3 is 14.3 Å². The summed E-state index contributed by atoms with van der Waals surface area (Å²) >= 11 is 0. The van der Waals surface area contributed by atoms with Crippen molar-refractivity contribution in [2.75, 3.05) is 13.2 Å². The van der Waals surface area contributed by atoms with Gasteiger partial charge in [0, 0.05) is 19.1 Å². The Hall–Kier alpha value is -1.36. The maximum absolute atomic E-state index is 11.1. The molecule has 0 spiro atoms. The smallest absolute Gasteiger partial charge is 0.316 e. The van der Waals surface area contributed by atoms with Gasteiger partial charge in [0.15, 0.2) is 5.89 Å². The molecule has 1 aromatic rings. The Morgan fingerprint density at radius 2 is 2.12 bits per heavy atom. The summed E-state index contributed by atoms with van der Waals surface area (Å²) in [6, 6.07) is 0. The molecule has 5 nitrogen and oxygen atoms in total. The van der Waals surface area contributed by atoms with Crippen molar-refractivity contribution in [3.8, 4) is 0 Å². The molecule has 0 aromatic carbocycles. The van der Waals surface area contributed by atoms with Crippen LogP contribution in [0.15, 0.2) is 10.6 Å². The minimum Gasteiger partial charge on any atom is -0.481 e. The third kappa shape index (κ3) is 2.34. The predicted molar refractivity (Wildman–Crippen MR) is 60.0 cm³/mol. The van der Waals surface area contributed by atoms with Crippen molar-refractivity contribution < 1.29 is 19.1 Å². The van der Waals surface area contributed by atoms with Crippen molar-refractivity contribution >= 4 is 5.97 Å². The Kier molecular flexibility index (Phi) is 3.19. The van der Waals surface area contributed by atoms with Crippen LogP contribution in [0.2, 0.25) is 0 Å². The summed E-state index contributed by atoms with van der Waals surface area (Å²) in [6.45, 7) is 4.66. The van der Waals surface area contributed by atoms with Gasteiger partial charge in [0.25, 0.3) is 0 Å². The second kappa shape index (κ2) is 4.49. The average Bonchev–Trinajstić information content (AvgIpc) is 2.80. The van der Waals surface area contributed by atoms with Crippen LogP contribution in [0.25, 0.3) is 0 Å². The van der Waals surface area contributed by atoms with Gasteiger partial charge >= 0.3 is 5.97 Å². The number of aliphatic carboxylic acids is 1. The third-order valence-corrected chi connectivity index (χ3v) is 3.24. The normalized spacial score (nSPS) is 18.2. The highest BCUT2D eigenvalue weighted by molar-refractivity contribution is 5.79. The molecular weight excluding hydrogens is 222 g/mol. The van der Waals surface area contributed by atoms with Crippen molar-refractivity contribution in [1.29, 1.82) is 0 Å². The molecule has 94 valence electrons. The minimum absolute atomic E-state index is 0.252. The summed E-state index contributed by atoms with van der Waals surface area (Å²) in [4.78, 5) is 15.3. The molecule has 1 aliphatic rings. The highest BCUT2D eigenvalue weighted by Crippen LogP contribution is 2.30. The summed E-state index contributed by atoms with van der Waals surface area (Å²) in [5.74, 6) is 0.387. The molecule has 0 amide bonds. The molecule has 1 fully saturated rings. The number of carboxylic acid groups (broad SMARTS) is 1. The van der Waals surface area contributed by atoms with Crippen LogP contribution in [0.1, 0.15) is 44.3 Å². The van der Waals surface area contributed by atoms with Crippen molar-refractivity contribution in [2.45, 2.75) is 38.0 Å². The molecule has 0 aliphatic carbocycles. The van der Waals surface area contributed by atoms with E-state index in [9.17, 15) is 4.79 Å². The number of aromatic nitrogens is 1. The zero-order valence-electron chi connectivity index (χ0n) is 10.1. The number of oxazole rings is 1. The Labute approximate surface area is 99.8 Å². The van der Waals surface area contributed by atoms with Gasteiger partial charge in [-0.15, -0.1) is 0 Å². The summed E-state index contributed by atoms with van der Waals surface area (Å²) in [6.07, 6.45) is 3.29. The van der Waals surface area contributed by atoms with Gasteiger partial charge in [0.2, 0.25) is 0 Å². The largest absolute Gasteiger partial charge is 0.481 e. The van der Waals surface area contributed by atoms with Crippen molar-refractivity contribution in [1.82, 2.24) is 4.98 Å². The third-order valence-electron chi connectivity index (χ3n) is 3.24. The zero-order chi connectivity index (χ0) is 12.5. The van der Waals surface area contributed by atoms with Gasteiger partial charge in [-0.1, -0.05) is 0 Å². The maximum atomic E-state index is 11.1. The number of ether oxygens (including phenoxy) is 1. The Balaban J connectivity index is 2.17. The van der Waals surface area contributed by atoms with E-state index in [4.69, 9.17) is 14.3 Å². The molecule has 1 N–H and O–H groups in total. The molecule has 5 heteroatoms. The second-order valence-corrected chi connectivity index (χ2v) is 4.88. The Morgan fingerprint density at radius 3 is 2.71 bits per heavy atom. The molecule has 17 heavy (non-hydrogen) atoms. The van der Waals surface area contributed by atoms with E-state index in [1.54, 1.807) is 13.8 Å². The van der Waals surface area contributed by atoms with E-state index in [0.717, 1.165) is 12.8 Å². The Bertz CT molecular complexity index is 404. The lowest BCUT2D eigenvalue weighted by Crippen LogP contribution is -2.27. The molecule has 2 rings (SSSR count). The first kappa shape index (κ1) is 12.1. The molecule has 0 atom stereocenters. The van der Waals surface area contributed by atoms with Crippen LogP contribution in [0, 0.1) is 0 Å². The van der Waals surface area contributed by atoms with E-state index in [1.165, 1.54) is 6.20 Å². The molecule has 1 saturated heterocycles. The molecule has 1 aliphatic heterocycles. The topological polar surface area (TPSA) is 72.6 Å². The first-order valence-corrected chi connectivity index (χ1v) is 5.79. The van der Waals surface area contributed by atoms with Crippen LogP contribution < -0.4 is 0 Å². The highest BCUT2D eigenvalue weighted by Gasteiger charge is 2.34. The van der Waals surface area contributed by atoms with Crippen LogP contribution in [0.5, 0.6) is 0 Å². The van der Waals surface area contributed by atoms with E-state index in [2.05, 4.69) is 4.98 Å². The number of rotatable bonds is 3. The van der Waals surface area contributed by atoms with E-state index in [0.29, 0.717) is 24.9 Å². The van der Waals surface area contributed by atoms with Crippen LogP contribution in [-0.2, 0) is 14.9 Å². The average molecular weight is 239 g/mol. The molecular formula is C12H17NO4. The summed E-state index contributed by atoms with van der Waals surface area (Å²) in [5.41, 5.74) is -1.03. The fourth-order valence-electron chi connectivity index (χ4n) is 1.82. The Morgan fingerprint density at radius 1 is 1.47 bits per heavy atom. The van der Waals surface area contributed by atoms with Crippen molar-refractivity contribution in [3.63, 3.8) is 0 Å². The minimum atomic E-state index is -1.03. The molecule has 2 heterocycles. The SMILES string of the molecule is CC(C)(C(=O)O)c1cnc(C2CCOCC2)o1. The van der Waals surface area contributed by atoms with Crippen molar-refractivity contribution in [3.05, 3.63) is 17.8 Å². The van der Waals surface area contributed by atoms with Gasteiger partial charge in [0.1, 0.15) is 11.2 Å². The first-order valence-electron chi connectivity index (χ1n) is 5.79. The molecule has 0 saturated carbocycles. The number of hydrogen-bond donors (Lipinski definition) is 1. The van der Waals surface area contributed by atoms with Crippen LogP contribution in [0.3, 0.4) is 0 Å². The van der Waals surface area contributed by atoms with Crippen LogP contribution >= 0.6 is 0 Å². The van der Waals surface area contributed by atoms with Crippen LogP contribution in [0.4, 0.5) is 0 Å². The predicted octanol–water partition coefficient (Wildman–Crippen LogP) is 1.93. The van der Waals surface area contributed by atoms with E-state index < -0.39 is 11.4 Å². The summed E-state index contributed by atoms with van der Waals surface area (Å²) in [7, 11) is 0. The summed E-state index contributed by atoms with van der Waals surface area (Å²) in [5, 5.41) is 9.11. The van der Waals surface area contributed by atoms with Gasteiger partial charge in [-0.3, -0.25) is 4.79 Å². The number of hydrogen-bond acceptors (Lipinski definition) is 4. The molecule has 0 unspecified atom stereocenters. The van der Waals surface area contributed by atoms with Gasteiger partial charge in [-0.25, -0.2) is 4.98 Å². The lowest BCUT2D eigenvalue weighted by molar-refractivity contribution is -0.143. The number of carboxylic acids is 1. The van der Waals surface area contributed by atoms with Gasteiger partial charge in [0.05, 0.1) is 6.20 Å². The lowest BCUT2D eigenvalue weighted by atomic mass is 9.91. The quantitative estimate of drug-likeness (QED) is 0.872. The summed E-state index contributed by atoms with van der Waals surface area (Å²) < 4.78 is 10.9. The fourth-order valence-corrected chi connectivity index (χ4v) is 1.82. The number of carbonyl (C=O) groups is 1. The molecule has 1 aromatic heterocycles. The lowest BCUT2D eigenvalue weighted by Gasteiger charge is -2.19. The second-order valence-electron chi connectivity index (χ2n) is 4.88. The molecule has 0 radical (unpaired) electrons. The van der Waals surface area contributed by atoms with E-state index >= 15 is 0 Å². The van der Waals surface area contributed by atoms with E-state index in [-0.39, 0.29) is 5.92 Å². The van der Waals surface area contributed by atoms with E-state index in [1.807, 2.05) is 0 Å². The maximum Gasteiger partial charge on any atom is 0.316 e. The monoisotopic (exact) mass is 239 g/mol. The molecule has 0 bridgehead atoms.